The van der Waals surface area contributed by atoms with Crippen LogP contribution >= 0.6 is 15.9 Å². The van der Waals surface area contributed by atoms with Gasteiger partial charge in [0, 0.05) is 5.33 Å². The summed E-state index contributed by atoms with van der Waals surface area (Å²) in [7, 11) is 0. The molecule has 0 spiro atoms. The zero-order chi connectivity index (χ0) is 13.3. The van der Waals surface area contributed by atoms with Crippen molar-refractivity contribution in [3.05, 3.63) is 34.9 Å². The molecule has 0 N–H and O–H groups in total. The highest BCUT2D eigenvalue weighted by atomic mass is 79.9. The van der Waals surface area contributed by atoms with E-state index in [4.69, 9.17) is 0 Å². The predicted octanol–water partition coefficient (Wildman–Crippen LogP) is 5.84. The van der Waals surface area contributed by atoms with Gasteiger partial charge in [0.1, 0.15) is 0 Å². The minimum absolute atomic E-state index is 1.17. The molecule has 0 nitrogen and oxygen atoms in total. The summed E-state index contributed by atoms with van der Waals surface area (Å²) < 4.78 is 0. The van der Waals surface area contributed by atoms with E-state index in [0.29, 0.717) is 0 Å². The largest absolute Gasteiger partial charge is 0.0928 e. The van der Waals surface area contributed by atoms with E-state index in [-0.39, 0.29) is 0 Å². The lowest BCUT2D eigenvalue weighted by atomic mass is 9.86. The molecule has 106 valence electrons. The van der Waals surface area contributed by atoms with Gasteiger partial charge in [-0.15, -0.1) is 0 Å². The molecule has 0 saturated carbocycles. The van der Waals surface area contributed by atoms with Gasteiger partial charge in [0.15, 0.2) is 0 Å². The van der Waals surface area contributed by atoms with Crippen molar-refractivity contribution in [2.45, 2.75) is 70.6 Å². The summed E-state index contributed by atoms with van der Waals surface area (Å²) in [6.07, 6.45) is 15.2. The van der Waals surface area contributed by atoms with Crippen molar-refractivity contribution in [2.75, 3.05) is 5.33 Å². The van der Waals surface area contributed by atoms with Gasteiger partial charge in [0.25, 0.3) is 0 Å². The highest BCUT2D eigenvalue weighted by Gasteiger charge is 2.12. The molecule has 0 amide bonds. The van der Waals surface area contributed by atoms with Gasteiger partial charge in [-0.2, -0.15) is 0 Å². The Kier molecular flexibility index (Phi) is 6.98. The molecule has 1 aliphatic carbocycles. The molecule has 1 aromatic carbocycles. The van der Waals surface area contributed by atoms with Gasteiger partial charge in [-0.25, -0.2) is 0 Å². The van der Waals surface area contributed by atoms with Gasteiger partial charge in [-0.3, -0.25) is 0 Å². The Labute approximate surface area is 127 Å². The molecule has 0 unspecified atom stereocenters. The van der Waals surface area contributed by atoms with Crippen LogP contribution in [0.1, 0.15) is 68.1 Å². The van der Waals surface area contributed by atoms with Crippen LogP contribution in [0.15, 0.2) is 18.2 Å². The molecule has 1 heteroatoms. The fourth-order valence-electron chi connectivity index (χ4n) is 2.89. The molecular weight excluding hydrogens is 296 g/mol. The van der Waals surface area contributed by atoms with Crippen LogP contribution in [-0.2, 0) is 19.3 Å². The summed E-state index contributed by atoms with van der Waals surface area (Å²) >= 11 is 3.49. The second kappa shape index (κ2) is 8.79. The first kappa shape index (κ1) is 15.1. The first-order valence-corrected chi connectivity index (χ1v) is 9.19. The molecule has 0 fully saturated rings. The summed E-state index contributed by atoms with van der Waals surface area (Å²) in [6, 6.07) is 7.13. The van der Waals surface area contributed by atoms with E-state index in [2.05, 4.69) is 34.1 Å². The molecule has 19 heavy (non-hydrogen) atoms. The number of halogens is 1. The Morgan fingerprint density at radius 1 is 0.737 bits per heavy atom. The fraction of sp³-hybridized carbons (Fsp3) is 0.667. The monoisotopic (exact) mass is 322 g/mol. The lowest BCUT2D eigenvalue weighted by molar-refractivity contribution is 0.577. The number of alkyl halides is 1. The maximum atomic E-state index is 3.49. The van der Waals surface area contributed by atoms with Crippen LogP contribution < -0.4 is 0 Å². The third-order valence-corrected chi connectivity index (χ3v) is 4.84. The van der Waals surface area contributed by atoms with E-state index in [9.17, 15) is 0 Å². The van der Waals surface area contributed by atoms with Crippen molar-refractivity contribution in [3.8, 4) is 0 Å². The molecule has 0 saturated heterocycles. The van der Waals surface area contributed by atoms with Crippen LogP contribution in [0.2, 0.25) is 0 Å². The zero-order valence-corrected chi connectivity index (χ0v) is 13.7. The standard InChI is InChI=1S/C18H27Br/c19-14-8-6-4-2-1-3-5-7-9-16-10-11-17-12-13-18(17)15-16/h10-11,15H,1-9,12-14H2. The van der Waals surface area contributed by atoms with Gasteiger partial charge in [-0.1, -0.05) is 72.7 Å². The van der Waals surface area contributed by atoms with E-state index < -0.39 is 0 Å². The molecule has 1 aromatic rings. The lowest BCUT2D eigenvalue weighted by Gasteiger charge is -2.19. The second-order valence-electron chi connectivity index (χ2n) is 5.87. The van der Waals surface area contributed by atoms with E-state index in [0.717, 1.165) is 0 Å². The van der Waals surface area contributed by atoms with E-state index in [1.54, 1.807) is 16.7 Å². The molecule has 0 aliphatic heterocycles. The van der Waals surface area contributed by atoms with Gasteiger partial charge in [-0.05, 0) is 48.8 Å². The smallest absolute Gasteiger partial charge is 0.00313 e. The Bertz CT molecular complexity index is 370. The average molecular weight is 323 g/mol. The number of benzene rings is 1. The number of fused-ring (bicyclic) bond motifs is 1. The summed E-state index contributed by atoms with van der Waals surface area (Å²) in [4.78, 5) is 0. The molecular formula is C18H27Br. The molecule has 0 radical (unpaired) electrons. The molecule has 0 heterocycles. The first-order chi connectivity index (χ1) is 9.40. The van der Waals surface area contributed by atoms with Crippen LogP contribution in [-0.4, -0.2) is 5.33 Å². The minimum Gasteiger partial charge on any atom is -0.0928 e. The van der Waals surface area contributed by atoms with Crippen LogP contribution in [0.25, 0.3) is 0 Å². The number of unbranched alkanes of at least 4 members (excludes halogenated alkanes) is 7. The van der Waals surface area contributed by atoms with Crippen molar-refractivity contribution in [3.63, 3.8) is 0 Å². The Morgan fingerprint density at radius 3 is 1.95 bits per heavy atom. The van der Waals surface area contributed by atoms with Crippen LogP contribution in [0.3, 0.4) is 0 Å². The van der Waals surface area contributed by atoms with E-state index in [1.807, 2.05) is 0 Å². The molecule has 1 aliphatic rings. The summed E-state index contributed by atoms with van der Waals surface area (Å²) in [5.41, 5.74) is 4.77. The fourth-order valence-corrected chi connectivity index (χ4v) is 3.28. The van der Waals surface area contributed by atoms with E-state index >= 15 is 0 Å². The van der Waals surface area contributed by atoms with Gasteiger partial charge in [0.05, 0.1) is 0 Å². The Morgan fingerprint density at radius 2 is 1.37 bits per heavy atom. The van der Waals surface area contributed by atoms with Crippen molar-refractivity contribution in [2.24, 2.45) is 0 Å². The maximum Gasteiger partial charge on any atom is 0.00313 e. The van der Waals surface area contributed by atoms with Crippen molar-refractivity contribution < 1.29 is 0 Å². The normalized spacial score (nSPS) is 13.1. The topological polar surface area (TPSA) is 0 Å². The highest BCUT2D eigenvalue weighted by Crippen LogP contribution is 2.24. The molecule has 0 atom stereocenters. The number of rotatable bonds is 10. The van der Waals surface area contributed by atoms with Crippen molar-refractivity contribution in [1.29, 1.82) is 0 Å². The van der Waals surface area contributed by atoms with Gasteiger partial charge in [0.2, 0.25) is 0 Å². The summed E-state index contributed by atoms with van der Waals surface area (Å²) in [6.45, 7) is 0. The summed E-state index contributed by atoms with van der Waals surface area (Å²) in [5.74, 6) is 0. The number of aryl methyl sites for hydroxylation is 3. The van der Waals surface area contributed by atoms with Crippen LogP contribution in [0.4, 0.5) is 0 Å². The third-order valence-electron chi connectivity index (χ3n) is 4.28. The van der Waals surface area contributed by atoms with Crippen LogP contribution in [0.5, 0.6) is 0 Å². The van der Waals surface area contributed by atoms with Crippen LogP contribution in [0, 0.1) is 0 Å². The maximum absolute atomic E-state index is 3.49. The first-order valence-electron chi connectivity index (χ1n) is 8.07. The quantitative estimate of drug-likeness (QED) is 0.374. The SMILES string of the molecule is BrCCCCCCCCCCc1ccc2c(c1)CC2. The average Bonchev–Trinajstić information content (AvgIpc) is 2.39. The summed E-state index contributed by atoms with van der Waals surface area (Å²) in [5, 5.41) is 1.17. The highest BCUT2D eigenvalue weighted by molar-refractivity contribution is 9.09. The van der Waals surface area contributed by atoms with Gasteiger partial charge < -0.3 is 0 Å². The minimum atomic E-state index is 1.17. The van der Waals surface area contributed by atoms with Crippen molar-refractivity contribution in [1.82, 2.24) is 0 Å². The molecule has 0 bridgehead atoms. The second-order valence-corrected chi connectivity index (χ2v) is 6.66. The molecule has 0 aromatic heterocycles. The van der Waals surface area contributed by atoms with Gasteiger partial charge >= 0.3 is 0 Å². The van der Waals surface area contributed by atoms with Crippen molar-refractivity contribution >= 4 is 15.9 Å². The lowest BCUT2D eigenvalue weighted by Crippen LogP contribution is -2.08. The number of hydrogen-bond donors (Lipinski definition) is 0. The Hall–Kier alpha value is -0.300. The zero-order valence-electron chi connectivity index (χ0n) is 12.1. The number of hydrogen-bond acceptors (Lipinski definition) is 0. The molecule has 2 rings (SSSR count). The third kappa shape index (κ3) is 5.30. The predicted molar refractivity (Wildman–Crippen MR) is 88.3 cm³/mol. The Balaban J connectivity index is 1.46. The van der Waals surface area contributed by atoms with E-state index in [1.165, 1.54) is 76.0 Å².